The molecule has 0 N–H and O–H groups in total. The first kappa shape index (κ1) is 22.6. The average molecular weight is 484 g/mol. The number of esters is 1. The average Bonchev–Trinajstić information content (AvgIpc) is 3.07. The number of imide groups is 1. The molecule has 1 heterocycles. The minimum absolute atomic E-state index is 0.149. The second-order valence-corrected chi connectivity index (χ2v) is 8.23. The van der Waals surface area contributed by atoms with E-state index >= 15 is 0 Å². The normalized spacial score (nSPS) is 14.6. The highest BCUT2D eigenvalue weighted by Gasteiger charge is 2.36. The number of hydrogen-bond acceptors (Lipinski definition) is 6. The number of benzene rings is 3. The number of anilines is 1. The monoisotopic (exact) mass is 483 g/mol. The van der Waals surface area contributed by atoms with Gasteiger partial charge in [-0.05, 0) is 78.0 Å². The minimum atomic E-state index is -0.677. The van der Waals surface area contributed by atoms with E-state index < -0.39 is 22.9 Å². The Morgan fingerprint density at radius 3 is 2.48 bits per heavy atom. The van der Waals surface area contributed by atoms with Crippen molar-refractivity contribution in [2.24, 2.45) is 0 Å². The van der Waals surface area contributed by atoms with E-state index in [1.54, 1.807) is 36.4 Å². The molecule has 1 aliphatic heterocycles. The zero-order valence-electron chi connectivity index (χ0n) is 17.1. The van der Waals surface area contributed by atoms with Crippen LogP contribution in [0.2, 0.25) is 5.02 Å². The van der Waals surface area contributed by atoms with Crippen molar-refractivity contribution in [1.29, 1.82) is 0 Å². The van der Waals surface area contributed by atoms with Gasteiger partial charge in [-0.3, -0.25) is 9.59 Å². The Labute approximate surface area is 197 Å². The van der Waals surface area contributed by atoms with Crippen molar-refractivity contribution in [3.8, 4) is 11.5 Å². The van der Waals surface area contributed by atoms with E-state index in [1.807, 2.05) is 0 Å². The van der Waals surface area contributed by atoms with E-state index in [4.69, 9.17) is 21.1 Å². The van der Waals surface area contributed by atoms with Gasteiger partial charge in [-0.1, -0.05) is 23.7 Å². The summed E-state index contributed by atoms with van der Waals surface area (Å²) in [5.41, 5.74) is 1.12. The standard InChI is InChI=1S/C24H15ClFNO5S/c1-31-20-11-14(5-10-19(20)32-23(29)15-6-8-17(26)9-7-15)12-21-22(28)27(24(30)33-21)18-4-2-3-16(25)13-18/h2-13H,1H3/b21-12-. The summed E-state index contributed by atoms with van der Waals surface area (Å²) in [7, 11) is 1.40. The Morgan fingerprint density at radius 2 is 1.79 bits per heavy atom. The summed E-state index contributed by atoms with van der Waals surface area (Å²) < 4.78 is 23.7. The van der Waals surface area contributed by atoms with Crippen molar-refractivity contribution >= 4 is 52.2 Å². The fraction of sp³-hybridized carbons (Fsp3) is 0.0417. The maximum atomic E-state index is 13.1. The lowest BCUT2D eigenvalue weighted by Gasteiger charge is -2.12. The summed E-state index contributed by atoms with van der Waals surface area (Å²) in [6.45, 7) is 0. The molecule has 2 amide bonds. The second-order valence-electron chi connectivity index (χ2n) is 6.80. The van der Waals surface area contributed by atoms with Gasteiger partial charge in [-0.15, -0.1) is 0 Å². The lowest BCUT2D eigenvalue weighted by atomic mass is 10.1. The predicted molar refractivity (Wildman–Crippen MR) is 124 cm³/mol. The van der Waals surface area contributed by atoms with Gasteiger partial charge in [0, 0.05) is 5.02 Å². The molecule has 1 aliphatic rings. The number of nitrogens with zero attached hydrogens (tertiary/aromatic N) is 1. The molecule has 0 unspecified atom stereocenters. The Bertz CT molecular complexity index is 1290. The third-order valence-electron chi connectivity index (χ3n) is 4.63. The summed E-state index contributed by atoms with van der Waals surface area (Å²) in [6.07, 6.45) is 1.55. The van der Waals surface area contributed by atoms with Crippen LogP contribution in [0.4, 0.5) is 14.9 Å². The van der Waals surface area contributed by atoms with E-state index in [2.05, 4.69) is 0 Å². The van der Waals surface area contributed by atoms with Crippen LogP contribution in [0.25, 0.3) is 6.08 Å². The van der Waals surface area contributed by atoms with Crippen LogP contribution in [-0.2, 0) is 4.79 Å². The highest BCUT2D eigenvalue weighted by Crippen LogP contribution is 2.37. The maximum absolute atomic E-state index is 13.1. The van der Waals surface area contributed by atoms with Crippen molar-refractivity contribution in [3.05, 3.63) is 93.6 Å². The van der Waals surface area contributed by atoms with Crippen LogP contribution in [0.1, 0.15) is 15.9 Å². The van der Waals surface area contributed by atoms with Crippen LogP contribution in [0.15, 0.2) is 71.6 Å². The van der Waals surface area contributed by atoms with Crippen LogP contribution in [-0.4, -0.2) is 24.2 Å². The molecule has 6 nitrogen and oxygen atoms in total. The molecule has 0 atom stereocenters. The van der Waals surface area contributed by atoms with Crippen LogP contribution in [0.3, 0.4) is 0 Å². The fourth-order valence-electron chi connectivity index (χ4n) is 3.06. The number of halogens is 2. The number of ether oxygens (including phenoxy) is 2. The Kier molecular flexibility index (Phi) is 6.48. The zero-order valence-corrected chi connectivity index (χ0v) is 18.7. The number of rotatable bonds is 5. The molecule has 166 valence electrons. The largest absolute Gasteiger partial charge is 0.493 e. The van der Waals surface area contributed by atoms with Crippen molar-refractivity contribution in [1.82, 2.24) is 0 Å². The molecular formula is C24H15ClFNO5S. The highest BCUT2D eigenvalue weighted by molar-refractivity contribution is 8.19. The van der Waals surface area contributed by atoms with Crippen LogP contribution in [0, 0.1) is 5.82 Å². The highest BCUT2D eigenvalue weighted by atomic mass is 35.5. The molecule has 1 saturated heterocycles. The quantitative estimate of drug-likeness (QED) is 0.254. The van der Waals surface area contributed by atoms with Gasteiger partial charge in [-0.25, -0.2) is 14.1 Å². The summed E-state index contributed by atoms with van der Waals surface area (Å²) in [4.78, 5) is 38.8. The zero-order chi connectivity index (χ0) is 23.5. The predicted octanol–water partition coefficient (Wildman–Crippen LogP) is 5.95. The molecule has 0 spiro atoms. The number of amides is 2. The summed E-state index contributed by atoms with van der Waals surface area (Å²) >= 11 is 6.78. The molecular weight excluding hydrogens is 469 g/mol. The molecule has 0 radical (unpaired) electrons. The molecule has 0 aromatic heterocycles. The van der Waals surface area contributed by atoms with Crippen molar-refractivity contribution < 1.29 is 28.2 Å². The first-order valence-corrected chi connectivity index (χ1v) is 10.7. The SMILES string of the molecule is COc1cc(/C=C2\SC(=O)N(c3cccc(Cl)c3)C2=O)ccc1OC(=O)c1ccc(F)cc1. The Morgan fingerprint density at radius 1 is 1.03 bits per heavy atom. The van der Waals surface area contributed by atoms with Crippen molar-refractivity contribution in [2.45, 2.75) is 0 Å². The van der Waals surface area contributed by atoms with Gasteiger partial charge in [0.25, 0.3) is 11.1 Å². The molecule has 0 aliphatic carbocycles. The number of methoxy groups -OCH3 is 1. The van der Waals surface area contributed by atoms with E-state index in [9.17, 15) is 18.8 Å². The summed E-state index contributed by atoms with van der Waals surface area (Å²) in [5.74, 6) is -1.22. The van der Waals surface area contributed by atoms with E-state index in [-0.39, 0.29) is 22.0 Å². The van der Waals surface area contributed by atoms with E-state index in [1.165, 1.54) is 31.4 Å². The topological polar surface area (TPSA) is 72.9 Å². The maximum Gasteiger partial charge on any atom is 0.343 e. The third-order valence-corrected chi connectivity index (χ3v) is 5.73. The van der Waals surface area contributed by atoms with E-state index in [0.717, 1.165) is 28.8 Å². The molecule has 0 bridgehead atoms. The number of carbonyl (C=O) groups excluding carboxylic acids is 3. The van der Waals surface area contributed by atoms with Gasteiger partial charge in [0.15, 0.2) is 11.5 Å². The third kappa shape index (κ3) is 4.92. The van der Waals surface area contributed by atoms with Gasteiger partial charge in [0.2, 0.25) is 0 Å². The van der Waals surface area contributed by atoms with Gasteiger partial charge in [-0.2, -0.15) is 0 Å². The summed E-state index contributed by atoms with van der Waals surface area (Å²) in [5, 5.41) is -0.0311. The van der Waals surface area contributed by atoms with Crippen LogP contribution in [0.5, 0.6) is 11.5 Å². The van der Waals surface area contributed by atoms with Gasteiger partial charge in [0.1, 0.15) is 5.82 Å². The Hall–Kier alpha value is -3.62. The van der Waals surface area contributed by atoms with E-state index in [0.29, 0.717) is 16.3 Å². The molecule has 33 heavy (non-hydrogen) atoms. The number of thioether (sulfide) groups is 1. The summed E-state index contributed by atoms with van der Waals surface area (Å²) in [6, 6.07) is 16.1. The first-order chi connectivity index (χ1) is 15.9. The molecule has 1 fully saturated rings. The molecule has 3 aromatic carbocycles. The molecule has 4 rings (SSSR count). The fourth-order valence-corrected chi connectivity index (χ4v) is 4.09. The number of carbonyl (C=O) groups is 3. The smallest absolute Gasteiger partial charge is 0.343 e. The first-order valence-electron chi connectivity index (χ1n) is 9.55. The second kappa shape index (κ2) is 9.48. The molecule has 3 aromatic rings. The lowest BCUT2D eigenvalue weighted by Crippen LogP contribution is -2.27. The van der Waals surface area contributed by atoms with Gasteiger partial charge in [0.05, 0.1) is 23.3 Å². The molecule has 9 heteroatoms. The van der Waals surface area contributed by atoms with Gasteiger partial charge < -0.3 is 9.47 Å². The van der Waals surface area contributed by atoms with Gasteiger partial charge >= 0.3 is 5.97 Å². The van der Waals surface area contributed by atoms with Crippen molar-refractivity contribution in [2.75, 3.05) is 12.0 Å². The van der Waals surface area contributed by atoms with Crippen LogP contribution >= 0.6 is 23.4 Å². The van der Waals surface area contributed by atoms with Crippen LogP contribution < -0.4 is 14.4 Å². The Balaban J connectivity index is 1.56. The molecule has 0 saturated carbocycles. The van der Waals surface area contributed by atoms with Crippen molar-refractivity contribution in [3.63, 3.8) is 0 Å². The minimum Gasteiger partial charge on any atom is -0.493 e. The lowest BCUT2D eigenvalue weighted by molar-refractivity contribution is -0.113. The number of hydrogen-bond donors (Lipinski definition) is 0.